The van der Waals surface area contributed by atoms with Crippen LogP contribution in [0, 0.1) is 0 Å². The molecule has 1 atom stereocenters. The maximum Gasteiger partial charge on any atom is 0.459 e. The predicted octanol–water partition coefficient (Wildman–Crippen LogP) is 2.96. The average molecular weight is 253 g/mol. The van der Waals surface area contributed by atoms with Crippen LogP contribution >= 0.6 is 0 Å². The fraction of sp³-hybridized carbons (Fsp3) is 1.00. The van der Waals surface area contributed by atoms with Gasteiger partial charge >= 0.3 is 18.0 Å². The van der Waals surface area contributed by atoms with Gasteiger partial charge in [-0.1, -0.05) is 6.42 Å². The van der Waals surface area contributed by atoms with E-state index in [2.05, 4.69) is 0 Å². The Hall–Kier alpha value is -0.530. The molecule has 0 bridgehead atoms. The first-order chi connectivity index (χ1) is 7.11. The second-order valence-corrected chi connectivity index (χ2v) is 3.70. The van der Waals surface area contributed by atoms with Crippen molar-refractivity contribution in [3.63, 3.8) is 0 Å². The summed E-state index contributed by atoms with van der Waals surface area (Å²) < 4.78 is 86.7. The van der Waals surface area contributed by atoms with Crippen LogP contribution in [0.4, 0.5) is 30.7 Å². The van der Waals surface area contributed by atoms with Crippen molar-refractivity contribution in [1.82, 2.24) is 5.32 Å². The second kappa shape index (κ2) is 4.05. The Morgan fingerprint density at radius 2 is 1.44 bits per heavy atom. The fourth-order valence-corrected chi connectivity index (χ4v) is 1.57. The van der Waals surface area contributed by atoms with Gasteiger partial charge in [0.25, 0.3) is 0 Å². The molecule has 0 aromatic heterocycles. The molecular weight excluding hydrogens is 243 g/mol. The Bertz CT molecular complexity index is 241. The molecule has 0 aliphatic carbocycles. The van der Waals surface area contributed by atoms with Crippen LogP contribution in [0.3, 0.4) is 0 Å². The third-order valence-corrected chi connectivity index (χ3v) is 2.52. The highest BCUT2D eigenvalue weighted by molar-refractivity contribution is 4.99. The van der Waals surface area contributed by atoms with Gasteiger partial charge in [-0.2, -0.15) is 30.7 Å². The summed E-state index contributed by atoms with van der Waals surface area (Å²) in [4.78, 5) is 0. The van der Waals surface area contributed by atoms with Crippen LogP contribution < -0.4 is 5.32 Å². The van der Waals surface area contributed by atoms with Crippen molar-refractivity contribution in [1.29, 1.82) is 0 Å². The summed E-state index contributed by atoms with van der Waals surface area (Å²) in [7, 11) is 0. The van der Waals surface area contributed by atoms with Crippen molar-refractivity contribution in [2.24, 2.45) is 0 Å². The quantitative estimate of drug-likeness (QED) is 0.746. The topological polar surface area (TPSA) is 12.0 Å². The van der Waals surface area contributed by atoms with Crippen LogP contribution in [0.15, 0.2) is 0 Å². The lowest BCUT2D eigenvalue weighted by Crippen LogP contribution is -2.62. The predicted molar refractivity (Wildman–Crippen MR) is 41.6 cm³/mol. The molecule has 0 aromatic rings. The molecule has 0 amide bonds. The number of piperidine rings is 1. The number of hydrogen-bond acceptors (Lipinski definition) is 1. The molecule has 8 heteroatoms. The number of alkyl halides is 7. The van der Waals surface area contributed by atoms with Crippen molar-refractivity contribution in [2.75, 3.05) is 6.54 Å². The molecule has 16 heavy (non-hydrogen) atoms. The van der Waals surface area contributed by atoms with Crippen molar-refractivity contribution in [3.8, 4) is 0 Å². The summed E-state index contributed by atoms with van der Waals surface area (Å²) in [5.74, 6) is -11.1. The van der Waals surface area contributed by atoms with Gasteiger partial charge in [-0.05, 0) is 19.4 Å². The van der Waals surface area contributed by atoms with E-state index in [0.29, 0.717) is 6.42 Å². The molecule has 96 valence electrons. The molecule has 1 rings (SSSR count). The highest BCUT2D eigenvalue weighted by Gasteiger charge is 2.75. The molecule has 0 radical (unpaired) electrons. The molecule has 0 aromatic carbocycles. The van der Waals surface area contributed by atoms with E-state index in [0.717, 1.165) is 0 Å². The third kappa shape index (κ3) is 2.11. The van der Waals surface area contributed by atoms with E-state index < -0.39 is 30.5 Å². The van der Waals surface area contributed by atoms with Crippen LogP contribution in [0.25, 0.3) is 0 Å². The SMILES string of the molecule is FC(F)(F)C(F)(F)C(F)(F)[C@H]1CCCCN1. The number of halogens is 7. The lowest BCUT2D eigenvalue weighted by Gasteiger charge is -2.36. The van der Waals surface area contributed by atoms with E-state index in [4.69, 9.17) is 0 Å². The highest BCUT2D eigenvalue weighted by atomic mass is 19.4. The Labute approximate surface area is 87.0 Å². The van der Waals surface area contributed by atoms with Gasteiger partial charge in [0, 0.05) is 0 Å². The fourth-order valence-electron chi connectivity index (χ4n) is 1.57. The highest BCUT2D eigenvalue weighted by Crippen LogP contribution is 2.49. The average Bonchev–Trinajstić information content (AvgIpc) is 2.17. The zero-order valence-corrected chi connectivity index (χ0v) is 8.05. The second-order valence-electron chi connectivity index (χ2n) is 3.70. The monoisotopic (exact) mass is 253 g/mol. The number of hydrogen-bond donors (Lipinski definition) is 1. The molecule has 0 unspecified atom stereocenters. The Kier molecular flexibility index (Phi) is 3.42. The zero-order valence-electron chi connectivity index (χ0n) is 8.05. The molecule has 1 fully saturated rings. The summed E-state index contributed by atoms with van der Waals surface area (Å²) in [6.07, 6.45) is -5.93. The smallest absolute Gasteiger partial charge is 0.308 e. The van der Waals surface area contributed by atoms with Crippen LogP contribution in [0.2, 0.25) is 0 Å². The number of nitrogens with one attached hydrogen (secondary N) is 1. The van der Waals surface area contributed by atoms with Crippen molar-refractivity contribution in [3.05, 3.63) is 0 Å². The summed E-state index contributed by atoms with van der Waals surface area (Å²) in [6, 6.07) is -2.13. The lowest BCUT2D eigenvalue weighted by atomic mass is 9.94. The van der Waals surface area contributed by atoms with Gasteiger partial charge < -0.3 is 5.32 Å². The van der Waals surface area contributed by atoms with Crippen LogP contribution in [-0.2, 0) is 0 Å². The van der Waals surface area contributed by atoms with E-state index in [1.807, 2.05) is 5.32 Å². The lowest BCUT2D eigenvalue weighted by molar-refractivity contribution is -0.360. The van der Waals surface area contributed by atoms with Crippen LogP contribution in [0.5, 0.6) is 0 Å². The molecular formula is C8H10F7N. The maximum absolute atomic E-state index is 13.1. The number of rotatable bonds is 2. The molecule has 0 spiro atoms. The van der Waals surface area contributed by atoms with E-state index in [9.17, 15) is 30.7 Å². The standard InChI is InChI=1S/C8H10F7N/c9-6(10,5-3-1-2-4-16-5)7(11,12)8(13,14)15/h5,16H,1-4H2/t5-/m1/s1. The summed E-state index contributed by atoms with van der Waals surface area (Å²) >= 11 is 0. The van der Waals surface area contributed by atoms with Gasteiger partial charge in [0.2, 0.25) is 0 Å². The third-order valence-electron chi connectivity index (χ3n) is 2.52. The van der Waals surface area contributed by atoms with Gasteiger partial charge in [-0.15, -0.1) is 0 Å². The van der Waals surface area contributed by atoms with E-state index in [1.165, 1.54) is 0 Å². The van der Waals surface area contributed by atoms with Gasteiger partial charge in [-0.3, -0.25) is 0 Å². The van der Waals surface area contributed by atoms with Crippen molar-refractivity contribution < 1.29 is 30.7 Å². The first-order valence-electron chi connectivity index (χ1n) is 4.66. The van der Waals surface area contributed by atoms with Gasteiger partial charge in [0.05, 0.1) is 6.04 Å². The zero-order chi connectivity index (χ0) is 12.6. The minimum atomic E-state index is -6.24. The van der Waals surface area contributed by atoms with E-state index in [1.54, 1.807) is 0 Å². The summed E-state index contributed by atoms with van der Waals surface area (Å²) in [6.45, 7) is 0.0220. The van der Waals surface area contributed by atoms with Gasteiger partial charge in [0.15, 0.2) is 0 Å². The molecule has 1 N–H and O–H groups in total. The van der Waals surface area contributed by atoms with Gasteiger partial charge in [-0.25, -0.2) is 0 Å². The molecule has 1 saturated heterocycles. The first kappa shape index (κ1) is 13.5. The molecule has 1 heterocycles. The maximum atomic E-state index is 13.1. The Balaban J connectivity index is 2.90. The van der Waals surface area contributed by atoms with Crippen LogP contribution in [0.1, 0.15) is 19.3 Å². The van der Waals surface area contributed by atoms with E-state index >= 15 is 0 Å². The Morgan fingerprint density at radius 3 is 1.81 bits per heavy atom. The molecule has 0 saturated carbocycles. The first-order valence-corrected chi connectivity index (χ1v) is 4.66. The Morgan fingerprint density at radius 1 is 0.875 bits per heavy atom. The molecule has 1 aliphatic heterocycles. The van der Waals surface area contributed by atoms with Crippen LogP contribution in [-0.4, -0.2) is 30.6 Å². The normalized spacial score (nSPS) is 24.6. The van der Waals surface area contributed by atoms with Crippen molar-refractivity contribution in [2.45, 2.75) is 43.3 Å². The largest absolute Gasteiger partial charge is 0.459 e. The summed E-state index contributed by atoms with van der Waals surface area (Å²) in [5.41, 5.74) is 0. The van der Waals surface area contributed by atoms with E-state index in [-0.39, 0.29) is 13.0 Å². The minimum Gasteiger partial charge on any atom is -0.308 e. The van der Waals surface area contributed by atoms with Crippen molar-refractivity contribution >= 4 is 0 Å². The summed E-state index contributed by atoms with van der Waals surface area (Å²) in [5, 5.41) is 2.01. The molecule has 1 nitrogen and oxygen atoms in total. The minimum absolute atomic E-state index is 0.0220. The van der Waals surface area contributed by atoms with Gasteiger partial charge in [0.1, 0.15) is 0 Å². The molecule has 1 aliphatic rings.